The van der Waals surface area contributed by atoms with Crippen LogP contribution in [0.5, 0.6) is 11.5 Å². The quantitative estimate of drug-likeness (QED) is 0.663. The molecule has 2 aliphatic heterocycles. The minimum Gasteiger partial charge on any atom is -0.497 e. The summed E-state index contributed by atoms with van der Waals surface area (Å²) in [4.78, 5) is 2.29. The van der Waals surface area contributed by atoms with Crippen LogP contribution in [-0.4, -0.2) is 47.5 Å². The number of β-amino-alcohol motifs (C(OH)–C–C–N with tert-alkyl or cyclic N) is 1. The first-order chi connectivity index (χ1) is 15.1. The minimum absolute atomic E-state index is 0.349. The molecule has 5 rings (SSSR count). The number of ether oxygens (including phenoxy) is 2. The molecule has 3 aromatic carbocycles. The fraction of sp³-hybridized carbons (Fsp3) is 0.385. The number of methoxy groups -OCH3 is 1. The molecule has 2 atom stereocenters. The van der Waals surface area contributed by atoms with E-state index in [9.17, 15) is 10.2 Å². The number of aliphatic hydroxyl groups is 2. The van der Waals surface area contributed by atoms with E-state index in [1.165, 1.54) is 0 Å². The van der Waals surface area contributed by atoms with Crippen molar-refractivity contribution in [1.29, 1.82) is 0 Å². The van der Waals surface area contributed by atoms with Crippen LogP contribution in [0.15, 0.2) is 60.7 Å². The van der Waals surface area contributed by atoms with Crippen molar-refractivity contribution in [2.75, 3.05) is 26.7 Å². The monoisotopic (exact) mass is 419 g/mol. The Kier molecular flexibility index (Phi) is 5.34. The zero-order valence-electron chi connectivity index (χ0n) is 17.8. The van der Waals surface area contributed by atoms with Crippen molar-refractivity contribution in [3.05, 3.63) is 71.8 Å². The van der Waals surface area contributed by atoms with Gasteiger partial charge in [0.25, 0.3) is 0 Å². The molecule has 31 heavy (non-hydrogen) atoms. The van der Waals surface area contributed by atoms with Crippen LogP contribution in [0.3, 0.4) is 0 Å². The van der Waals surface area contributed by atoms with Crippen molar-refractivity contribution >= 4 is 10.8 Å². The maximum Gasteiger partial charge on any atom is 0.133 e. The molecular formula is C26H29NO4. The van der Waals surface area contributed by atoms with Gasteiger partial charge in [-0.2, -0.15) is 0 Å². The van der Waals surface area contributed by atoms with E-state index in [2.05, 4.69) is 23.1 Å². The predicted octanol–water partition coefficient (Wildman–Crippen LogP) is 4.23. The maximum atomic E-state index is 10.9. The van der Waals surface area contributed by atoms with Gasteiger partial charge in [-0.1, -0.05) is 48.5 Å². The smallest absolute Gasteiger partial charge is 0.133 e. The number of rotatable bonds is 4. The highest BCUT2D eigenvalue weighted by molar-refractivity contribution is 5.90. The number of hydrogen-bond donors (Lipinski definition) is 2. The Morgan fingerprint density at radius 2 is 1.81 bits per heavy atom. The second-order valence-electron chi connectivity index (χ2n) is 8.80. The molecule has 0 radical (unpaired) electrons. The van der Waals surface area contributed by atoms with E-state index in [1.807, 2.05) is 42.5 Å². The first-order valence-corrected chi connectivity index (χ1v) is 11.0. The normalized spacial score (nSPS) is 21.5. The molecular weight excluding hydrogens is 390 g/mol. The zero-order valence-corrected chi connectivity index (χ0v) is 17.8. The Balaban J connectivity index is 1.28. The minimum atomic E-state index is -0.539. The SMILES string of the molecule is COc1ccc([C@@H](O)CN2CCC3(CC2)C[C@@H](O)c2ccc4ccccc4c2O3)cc1. The summed E-state index contributed by atoms with van der Waals surface area (Å²) in [5, 5.41) is 23.8. The third-order valence-electron chi connectivity index (χ3n) is 6.85. The molecule has 0 bridgehead atoms. The van der Waals surface area contributed by atoms with Crippen LogP contribution in [-0.2, 0) is 0 Å². The number of piperidine rings is 1. The lowest BCUT2D eigenvalue weighted by Crippen LogP contribution is -2.51. The van der Waals surface area contributed by atoms with Gasteiger partial charge in [0.05, 0.1) is 19.3 Å². The van der Waals surface area contributed by atoms with Gasteiger partial charge in [0.15, 0.2) is 0 Å². The van der Waals surface area contributed by atoms with Crippen LogP contribution in [0.25, 0.3) is 10.8 Å². The van der Waals surface area contributed by atoms with Crippen molar-refractivity contribution in [2.45, 2.75) is 37.1 Å². The van der Waals surface area contributed by atoms with E-state index in [0.29, 0.717) is 13.0 Å². The summed E-state index contributed by atoms with van der Waals surface area (Å²) in [6.07, 6.45) is 1.24. The molecule has 0 unspecified atom stereocenters. The van der Waals surface area contributed by atoms with Gasteiger partial charge in [-0.15, -0.1) is 0 Å². The van der Waals surface area contributed by atoms with Crippen LogP contribution in [0, 0.1) is 0 Å². The molecule has 0 amide bonds. The van der Waals surface area contributed by atoms with E-state index in [-0.39, 0.29) is 5.60 Å². The van der Waals surface area contributed by atoms with Gasteiger partial charge in [0.2, 0.25) is 0 Å². The fourth-order valence-electron chi connectivity index (χ4n) is 4.98. The Morgan fingerprint density at radius 3 is 2.55 bits per heavy atom. The Labute approximate surface area is 182 Å². The third kappa shape index (κ3) is 3.89. The molecule has 3 aromatic rings. The first kappa shape index (κ1) is 20.3. The topological polar surface area (TPSA) is 62.2 Å². The lowest BCUT2D eigenvalue weighted by molar-refractivity contribution is -0.0577. The van der Waals surface area contributed by atoms with Crippen molar-refractivity contribution in [3.8, 4) is 11.5 Å². The molecule has 1 spiro atoms. The summed E-state index contributed by atoms with van der Waals surface area (Å²) in [7, 11) is 1.64. The standard InChI is InChI=1S/C26H29NO4/c1-30-20-9-6-19(7-10-20)24(29)17-27-14-12-26(13-15-27)16-23(28)22-11-8-18-4-2-3-5-21(18)25(22)31-26/h2-11,23-24,28-29H,12-17H2,1H3/t23-,24+/m1/s1. The van der Waals surface area contributed by atoms with Crippen molar-refractivity contribution < 1.29 is 19.7 Å². The molecule has 1 saturated heterocycles. The maximum absolute atomic E-state index is 10.9. The largest absolute Gasteiger partial charge is 0.497 e. The van der Waals surface area contributed by atoms with Gasteiger partial charge < -0.3 is 24.6 Å². The van der Waals surface area contributed by atoms with Gasteiger partial charge in [-0.05, 0) is 35.9 Å². The Bertz CT molecular complexity index is 1060. The lowest BCUT2D eigenvalue weighted by Gasteiger charge is -2.46. The molecule has 5 heteroatoms. The third-order valence-corrected chi connectivity index (χ3v) is 6.85. The van der Waals surface area contributed by atoms with Gasteiger partial charge in [0, 0.05) is 37.0 Å². The van der Waals surface area contributed by atoms with Crippen molar-refractivity contribution in [1.82, 2.24) is 4.90 Å². The van der Waals surface area contributed by atoms with E-state index >= 15 is 0 Å². The zero-order chi connectivity index (χ0) is 21.4. The molecule has 0 saturated carbocycles. The molecule has 5 nitrogen and oxygen atoms in total. The van der Waals surface area contributed by atoms with Crippen molar-refractivity contribution in [2.24, 2.45) is 0 Å². The van der Waals surface area contributed by atoms with Crippen LogP contribution in [0.4, 0.5) is 0 Å². The van der Waals surface area contributed by atoms with E-state index in [0.717, 1.165) is 59.3 Å². The summed E-state index contributed by atoms with van der Waals surface area (Å²) >= 11 is 0. The average Bonchev–Trinajstić information content (AvgIpc) is 2.80. The molecule has 2 N–H and O–H groups in total. The Morgan fingerprint density at radius 1 is 1.06 bits per heavy atom. The van der Waals surface area contributed by atoms with E-state index in [1.54, 1.807) is 7.11 Å². The lowest BCUT2D eigenvalue weighted by atomic mass is 9.81. The van der Waals surface area contributed by atoms with E-state index < -0.39 is 12.2 Å². The van der Waals surface area contributed by atoms with Gasteiger partial charge in [0.1, 0.15) is 17.1 Å². The van der Waals surface area contributed by atoms with Crippen LogP contribution in [0.2, 0.25) is 0 Å². The summed E-state index contributed by atoms with van der Waals surface area (Å²) < 4.78 is 11.8. The summed E-state index contributed by atoms with van der Waals surface area (Å²) in [5.41, 5.74) is 1.44. The second kappa shape index (κ2) is 8.15. The molecule has 0 aliphatic carbocycles. The predicted molar refractivity (Wildman–Crippen MR) is 121 cm³/mol. The first-order valence-electron chi connectivity index (χ1n) is 11.0. The number of aliphatic hydroxyl groups excluding tert-OH is 2. The second-order valence-corrected chi connectivity index (χ2v) is 8.80. The number of hydrogen-bond acceptors (Lipinski definition) is 5. The number of fused-ring (bicyclic) bond motifs is 3. The highest BCUT2D eigenvalue weighted by Gasteiger charge is 2.43. The summed E-state index contributed by atoms with van der Waals surface area (Å²) in [6, 6.07) is 19.8. The molecule has 2 aliphatic rings. The number of nitrogens with zero attached hydrogens (tertiary/aromatic N) is 1. The molecule has 1 fully saturated rings. The fourth-order valence-corrected chi connectivity index (χ4v) is 4.98. The molecule has 162 valence electrons. The summed E-state index contributed by atoms with van der Waals surface area (Å²) in [5.74, 6) is 1.63. The van der Waals surface area contributed by atoms with Gasteiger partial charge in [-0.25, -0.2) is 0 Å². The highest BCUT2D eigenvalue weighted by Crippen LogP contribution is 2.47. The molecule has 2 heterocycles. The number of benzene rings is 3. The molecule has 0 aromatic heterocycles. The summed E-state index contributed by atoms with van der Waals surface area (Å²) in [6.45, 7) is 2.25. The highest BCUT2D eigenvalue weighted by atomic mass is 16.5. The van der Waals surface area contributed by atoms with E-state index in [4.69, 9.17) is 9.47 Å². The Hall–Kier alpha value is -2.60. The van der Waals surface area contributed by atoms with Crippen LogP contribution >= 0.6 is 0 Å². The van der Waals surface area contributed by atoms with Gasteiger partial charge in [-0.3, -0.25) is 0 Å². The van der Waals surface area contributed by atoms with Gasteiger partial charge >= 0.3 is 0 Å². The van der Waals surface area contributed by atoms with Crippen molar-refractivity contribution in [3.63, 3.8) is 0 Å². The number of likely N-dealkylation sites (tertiary alicyclic amines) is 1. The van der Waals surface area contributed by atoms with Crippen LogP contribution < -0.4 is 9.47 Å². The average molecular weight is 420 g/mol. The van der Waals surface area contributed by atoms with Crippen LogP contribution in [0.1, 0.15) is 42.6 Å².